The Labute approximate surface area is 145 Å². The smallest absolute Gasteiger partial charge is 0.320 e. The van der Waals surface area contributed by atoms with E-state index in [2.05, 4.69) is 15.8 Å². The summed E-state index contributed by atoms with van der Waals surface area (Å²) in [6, 6.07) is 8.25. The van der Waals surface area contributed by atoms with E-state index in [4.69, 9.17) is 9.26 Å². The average Bonchev–Trinajstić information content (AvgIpc) is 3.14. The van der Waals surface area contributed by atoms with Gasteiger partial charge in [0, 0.05) is 24.7 Å². The standard InChI is InChI=1S/C17H20N4O4/c1-3-24-14-6-4-13(5-7-14)21-10-12(9-16(21)22)18-17(23)19-15-8-11(2)25-20-15/h4-8,12H,3,9-10H2,1-2H3,(H2,18,19,20,23). The maximum Gasteiger partial charge on any atom is 0.320 e. The molecule has 1 aromatic heterocycles. The van der Waals surface area contributed by atoms with Crippen LogP contribution in [0.2, 0.25) is 0 Å². The van der Waals surface area contributed by atoms with Gasteiger partial charge in [0.2, 0.25) is 5.91 Å². The van der Waals surface area contributed by atoms with Gasteiger partial charge >= 0.3 is 6.03 Å². The van der Waals surface area contributed by atoms with Gasteiger partial charge in [-0.3, -0.25) is 10.1 Å². The van der Waals surface area contributed by atoms with Crippen LogP contribution in [0.3, 0.4) is 0 Å². The molecule has 3 rings (SSSR count). The normalized spacial score (nSPS) is 16.8. The Hall–Kier alpha value is -3.03. The largest absolute Gasteiger partial charge is 0.494 e. The molecular weight excluding hydrogens is 324 g/mol. The first-order valence-electron chi connectivity index (χ1n) is 8.09. The van der Waals surface area contributed by atoms with Crippen molar-refractivity contribution >= 4 is 23.4 Å². The fourth-order valence-electron chi connectivity index (χ4n) is 2.71. The molecule has 0 bridgehead atoms. The summed E-state index contributed by atoms with van der Waals surface area (Å²) in [4.78, 5) is 25.9. The molecule has 1 aromatic carbocycles. The lowest BCUT2D eigenvalue weighted by Gasteiger charge is -2.17. The van der Waals surface area contributed by atoms with E-state index >= 15 is 0 Å². The molecule has 1 atom stereocenters. The zero-order valence-corrected chi connectivity index (χ0v) is 14.1. The predicted molar refractivity (Wildman–Crippen MR) is 91.8 cm³/mol. The highest BCUT2D eigenvalue weighted by atomic mass is 16.5. The number of amides is 3. The number of hydrogen-bond donors (Lipinski definition) is 2. The van der Waals surface area contributed by atoms with Crippen molar-refractivity contribution in [1.29, 1.82) is 0 Å². The fraction of sp³-hybridized carbons (Fsp3) is 0.353. The van der Waals surface area contributed by atoms with Crippen LogP contribution in [0, 0.1) is 6.92 Å². The van der Waals surface area contributed by atoms with Gasteiger partial charge in [-0.05, 0) is 38.1 Å². The predicted octanol–water partition coefficient (Wildman–Crippen LogP) is 2.31. The molecule has 1 aliphatic rings. The number of hydrogen-bond acceptors (Lipinski definition) is 5. The summed E-state index contributed by atoms with van der Waals surface area (Å²) in [5.74, 6) is 1.66. The fourth-order valence-corrected chi connectivity index (χ4v) is 2.71. The maximum atomic E-state index is 12.2. The zero-order valence-electron chi connectivity index (χ0n) is 14.1. The number of nitrogens with zero attached hydrogens (tertiary/aromatic N) is 2. The van der Waals surface area contributed by atoms with Crippen molar-refractivity contribution < 1.29 is 18.8 Å². The van der Waals surface area contributed by atoms with Gasteiger partial charge in [-0.25, -0.2) is 4.79 Å². The minimum atomic E-state index is -0.417. The van der Waals surface area contributed by atoms with E-state index in [0.29, 0.717) is 24.7 Å². The van der Waals surface area contributed by atoms with Gasteiger partial charge in [0.1, 0.15) is 11.5 Å². The summed E-state index contributed by atoms with van der Waals surface area (Å²) < 4.78 is 10.3. The molecule has 2 heterocycles. The van der Waals surface area contributed by atoms with Crippen LogP contribution in [-0.4, -0.2) is 36.3 Å². The number of aryl methyl sites for hydroxylation is 1. The van der Waals surface area contributed by atoms with Crippen molar-refractivity contribution in [2.45, 2.75) is 26.3 Å². The van der Waals surface area contributed by atoms with Gasteiger partial charge in [-0.15, -0.1) is 0 Å². The molecule has 1 saturated heterocycles. The molecule has 0 spiro atoms. The molecular formula is C17H20N4O4. The van der Waals surface area contributed by atoms with Gasteiger partial charge in [-0.1, -0.05) is 5.16 Å². The molecule has 3 amide bonds. The molecule has 2 N–H and O–H groups in total. The summed E-state index contributed by atoms with van der Waals surface area (Å²) >= 11 is 0. The number of aromatic nitrogens is 1. The van der Waals surface area contributed by atoms with Crippen LogP contribution in [0.25, 0.3) is 0 Å². The van der Waals surface area contributed by atoms with Crippen LogP contribution in [-0.2, 0) is 4.79 Å². The van der Waals surface area contributed by atoms with Crippen molar-refractivity contribution in [3.8, 4) is 5.75 Å². The highest BCUT2D eigenvalue weighted by Gasteiger charge is 2.31. The molecule has 1 fully saturated rings. The number of urea groups is 1. The number of carbonyl (C=O) groups excluding carboxylic acids is 2. The van der Waals surface area contributed by atoms with Crippen molar-refractivity contribution in [2.24, 2.45) is 0 Å². The summed E-state index contributed by atoms with van der Waals surface area (Å²) in [5, 5.41) is 9.05. The first kappa shape index (κ1) is 16.8. The number of anilines is 2. The number of benzene rings is 1. The molecule has 1 aliphatic heterocycles. The van der Waals surface area contributed by atoms with Crippen LogP contribution < -0.4 is 20.3 Å². The van der Waals surface area contributed by atoms with E-state index in [1.54, 1.807) is 17.9 Å². The Balaban J connectivity index is 1.57. The van der Waals surface area contributed by atoms with E-state index in [-0.39, 0.29) is 18.4 Å². The second-order valence-electron chi connectivity index (χ2n) is 5.75. The first-order chi connectivity index (χ1) is 12.0. The molecule has 8 heteroatoms. The van der Waals surface area contributed by atoms with Crippen LogP contribution in [0.5, 0.6) is 5.75 Å². The number of ether oxygens (including phenoxy) is 1. The highest BCUT2D eigenvalue weighted by molar-refractivity contribution is 5.97. The Morgan fingerprint density at radius 1 is 1.40 bits per heavy atom. The molecule has 132 valence electrons. The third kappa shape index (κ3) is 4.09. The molecule has 8 nitrogen and oxygen atoms in total. The lowest BCUT2D eigenvalue weighted by atomic mass is 10.2. The molecule has 0 radical (unpaired) electrons. The monoisotopic (exact) mass is 344 g/mol. The third-order valence-electron chi connectivity index (χ3n) is 3.79. The van der Waals surface area contributed by atoms with E-state index in [9.17, 15) is 9.59 Å². The minimum Gasteiger partial charge on any atom is -0.494 e. The maximum absolute atomic E-state index is 12.2. The van der Waals surface area contributed by atoms with Gasteiger partial charge in [0.25, 0.3) is 0 Å². The van der Waals surface area contributed by atoms with Gasteiger partial charge in [0.15, 0.2) is 5.82 Å². The summed E-state index contributed by atoms with van der Waals surface area (Å²) in [7, 11) is 0. The van der Waals surface area contributed by atoms with Crippen molar-refractivity contribution in [3.05, 3.63) is 36.1 Å². The molecule has 25 heavy (non-hydrogen) atoms. The first-order valence-corrected chi connectivity index (χ1v) is 8.09. The van der Waals surface area contributed by atoms with Crippen molar-refractivity contribution in [1.82, 2.24) is 10.5 Å². The van der Waals surface area contributed by atoms with Gasteiger partial charge in [-0.2, -0.15) is 0 Å². The number of nitrogens with one attached hydrogen (secondary N) is 2. The minimum absolute atomic E-state index is 0.0354. The Morgan fingerprint density at radius 2 is 2.16 bits per heavy atom. The van der Waals surface area contributed by atoms with E-state index in [1.165, 1.54) is 0 Å². The van der Waals surface area contributed by atoms with Crippen LogP contribution in [0.1, 0.15) is 19.1 Å². The topological polar surface area (TPSA) is 96.7 Å². The third-order valence-corrected chi connectivity index (χ3v) is 3.79. The second kappa shape index (κ2) is 7.25. The van der Waals surface area contributed by atoms with Crippen LogP contribution >= 0.6 is 0 Å². The van der Waals surface area contributed by atoms with E-state index in [0.717, 1.165) is 11.4 Å². The summed E-state index contributed by atoms with van der Waals surface area (Å²) in [5.41, 5.74) is 0.783. The number of carbonyl (C=O) groups is 2. The summed E-state index contributed by atoms with van der Waals surface area (Å²) in [6.45, 7) is 4.66. The average molecular weight is 344 g/mol. The van der Waals surface area contributed by atoms with E-state index < -0.39 is 6.03 Å². The zero-order chi connectivity index (χ0) is 17.8. The molecule has 0 saturated carbocycles. The van der Waals surface area contributed by atoms with Crippen molar-refractivity contribution in [3.63, 3.8) is 0 Å². The Kier molecular flexibility index (Phi) is 4.87. The quantitative estimate of drug-likeness (QED) is 0.867. The number of rotatable bonds is 5. The van der Waals surface area contributed by atoms with Crippen LogP contribution in [0.15, 0.2) is 34.9 Å². The molecule has 0 aliphatic carbocycles. The lowest BCUT2D eigenvalue weighted by molar-refractivity contribution is -0.117. The highest BCUT2D eigenvalue weighted by Crippen LogP contribution is 2.24. The summed E-state index contributed by atoms with van der Waals surface area (Å²) in [6.07, 6.45) is 0.248. The SMILES string of the molecule is CCOc1ccc(N2CC(NC(=O)Nc3cc(C)on3)CC2=O)cc1. The molecule has 2 aromatic rings. The Bertz CT molecular complexity index is 756. The van der Waals surface area contributed by atoms with Gasteiger partial charge < -0.3 is 19.5 Å². The molecule has 1 unspecified atom stereocenters. The Morgan fingerprint density at radius 3 is 2.80 bits per heavy atom. The van der Waals surface area contributed by atoms with Crippen molar-refractivity contribution in [2.75, 3.05) is 23.4 Å². The second-order valence-corrected chi connectivity index (χ2v) is 5.75. The lowest BCUT2D eigenvalue weighted by Crippen LogP contribution is -2.39. The van der Waals surface area contributed by atoms with Crippen LogP contribution in [0.4, 0.5) is 16.3 Å². The van der Waals surface area contributed by atoms with E-state index in [1.807, 2.05) is 31.2 Å². The van der Waals surface area contributed by atoms with Gasteiger partial charge in [0.05, 0.1) is 12.6 Å².